The van der Waals surface area contributed by atoms with Gasteiger partial charge in [-0.2, -0.15) is 0 Å². The van der Waals surface area contributed by atoms with Crippen molar-refractivity contribution >= 4 is 5.97 Å². The van der Waals surface area contributed by atoms with E-state index in [2.05, 4.69) is 13.8 Å². The van der Waals surface area contributed by atoms with Crippen LogP contribution in [0.5, 0.6) is 5.75 Å². The van der Waals surface area contributed by atoms with E-state index in [1.165, 1.54) is 0 Å². The van der Waals surface area contributed by atoms with Gasteiger partial charge in [-0.15, -0.1) is 0 Å². The molecule has 0 aromatic heterocycles. The number of benzene rings is 1. The molecule has 2 rings (SSSR count). The maximum Gasteiger partial charge on any atom is 0.314 e. The molecule has 0 unspecified atom stereocenters. The highest BCUT2D eigenvalue weighted by molar-refractivity contribution is 5.83. The van der Waals surface area contributed by atoms with E-state index in [1.807, 2.05) is 24.3 Å². The van der Waals surface area contributed by atoms with Gasteiger partial charge in [-0.05, 0) is 36.0 Å². The minimum Gasteiger partial charge on any atom is -0.497 e. The van der Waals surface area contributed by atoms with Crippen LogP contribution < -0.4 is 4.74 Å². The maximum atomic E-state index is 11.6. The number of aliphatic carboxylic acids is 1. The molecular weight excluding hydrogens is 216 g/mol. The van der Waals surface area contributed by atoms with Crippen LogP contribution in [0, 0.1) is 5.41 Å². The summed E-state index contributed by atoms with van der Waals surface area (Å²) in [5.41, 5.74) is 0.239. The predicted molar refractivity (Wildman–Crippen MR) is 65.3 cm³/mol. The summed E-state index contributed by atoms with van der Waals surface area (Å²) in [6, 6.07) is 7.41. The third-order valence-corrected chi connectivity index (χ3v) is 3.59. The molecule has 1 fully saturated rings. The minimum absolute atomic E-state index is 0.113. The molecule has 0 aliphatic heterocycles. The van der Waals surface area contributed by atoms with Crippen molar-refractivity contribution in [3.8, 4) is 5.75 Å². The molecule has 0 radical (unpaired) electrons. The number of carbonyl (C=O) groups is 1. The summed E-state index contributed by atoms with van der Waals surface area (Å²) in [5.74, 6) is -0.0158. The molecule has 17 heavy (non-hydrogen) atoms. The molecule has 3 heteroatoms. The molecule has 0 amide bonds. The fourth-order valence-corrected chi connectivity index (χ4v) is 2.98. The van der Waals surface area contributed by atoms with Crippen molar-refractivity contribution in [1.82, 2.24) is 0 Å². The molecular formula is C14H18O3. The second-order valence-electron chi connectivity index (χ2n) is 5.64. The largest absolute Gasteiger partial charge is 0.497 e. The van der Waals surface area contributed by atoms with Crippen LogP contribution in [-0.2, 0) is 10.2 Å². The van der Waals surface area contributed by atoms with Crippen LogP contribution in [-0.4, -0.2) is 18.2 Å². The Morgan fingerprint density at radius 2 is 2.00 bits per heavy atom. The number of methoxy groups -OCH3 is 1. The number of hydrogen-bond acceptors (Lipinski definition) is 2. The second kappa shape index (κ2) is 3.76. The Morgan fingerprint density at radius 3 is 2.47 bits per heavy atom. The normalized spacial score (nSPS) is 20.4. The lowest BCUT2D eigenvalue weighted by atomic mass is 9.52. The molecule has 0 saturated heterocycles. The number of carboxylic acid groups (broad SMARTS) is 1. The standard InChI is InChI=1S/C14H18O3/c1-13(2)8-14(9-13,12(15)16)10-5-4-6-11(7-10)17-3/h4-7H,8-9H2,1-3H3,(H,15,16). The third-order valence-electron chi connectivity index (χ3n) is 3.59. The van der Waals surface area contributed by atoms with Gasteiger partial charge in [0.05, 0.1) is 12.5 Å². The molecule has 3 nitrogen and oxygen atoms in total. The zero-order valence-corrected chi connectivity index (χ0v) is 10.5. The summed E-state index contributed by atoms with van der Waals surface area (Å²) in [5, 5.41) is 9.49. The lowest BCUT2D eigenvalue weighted by Gasteiger charge is -2.50. The molecule has 1 aliphatic rings. The van der Waals surface area contributed by atoms with Crippen LogP contribution in [0.3, 0.4) is 0 Å². The van der Waals surface area contributed by atoms with Gasteiger partial charge in [-0.1, -0.05) is 26.0 Å². The van der Waals surface area contributed by atoms with Gasteiger partial charge in [-0.25, -0.2) is 0 Å². The smallest absolute Gasteiger partial charge is 0.314 e. The van der Waals surface area contributed by atoms with Gasteiger partial charge >= 0.3 is 5.97 Å². The highest BCUT2D eigenvalue weighted by atomic mass is 16.5. The van der Waals surface area contributed by atoms with Gasteiger partial charge in [0.2, 0.25) is 0 Å². The van der Waals surface area contributed by atoms with Crippen molar-refractivity contribution in [3.05, 3.63) is 29.8 Å². The van der Waals surface area contributed by atoms with Gasteiger partial charge in [0, 0.05) is 0 Å². The average molecular weight is 234 g/mol. The van der Waals surface area contributed by atoms with Crippen molar-refractivity contribution < 1.29 is 14.6 Å². The van der Waals surface area contributed by atoms with E-state index in [0.29, 0.717) is 18.6 Å². The predicted octanol–water partition coefficient (Wildman–Crippen LogP) is 2.84. The van der Waals surface area contributed by atoms with Gasteiger partial charge in [0.1, 0.15) is 5.75 Å². The topological polar surface area (TPSA) is 46.5 Å². The van der Waals surface area contributed by atoms with Gasteiger partial charge in [-0.3, -0.25) is 4.79 Å². The second-order valence-corrected chi connectivity index (χ2v) is 5.64. The van der Waals surface area contributed by atoms with E-state index in [-0.39, 0.29) is 5.41 Å². The highest BCUT2D eigenvalue weighted by Gasteiger charge is 2.55. The van der Waals surface area contributed by atoms with E-state index >= 15 is 0 Å². The minimum atomic E-state index is -0.731. The summed E-state index contributed by atoms with van der Waals surface area (Å²) in [7, 11) is 1.59. The zero-order valence-electron chi connectivity index (χ0n) is 10.5. The van der Waals surface area contributed by atoms with Gasteiger partial charge < -0.3 is 9.84 Å². The zero-order chi connectivity index (χ0) is 12.7. The van der Waals surface area contributed by atoms with E-state index in [4.69, 9.17) is 4.74 Å². The third kappa shape index (κ3) is 1.90. The van der Waals surface area contributed by atoms with E-state index in [1.54, 1.807) is 7.11 Å². The first kappa shape index (κ1) is 12.0. The van der Waals surface area contributed by atoms with Crippen molar-refractivity contribution in [2.24, 2.45) is 5.41 Å². The molecule has 0 atom stereocenters. The quantitative estimate of drug-likeness (QED) is 0.874. The molecule has 1 aliphatic carbocycles. The van der Waals surface area contributed by atoms with E-state index in [9.17, 15) is 9.90 Å². The number of hydrogen-bond donors (Lipinski definition) is 1. The molecule has 0 spiro atoms. The number of carboxylic acids is 1. The molecule has 0 heterocycles. The fourth-order valence-electron chi connectivity index (χ4n) is 2.98. The van der Waals surface area contributed by atoms with Gasteiger partial charge in [0.15, 0.2) is 0 Å². The molecule has 1 aromatic carbocycles. The molecule has 92 valence electrons. The summed E-state index contributed by atoms with van der Waals surface area (Å²) in [6.07, 6.45) is 1.37. The lowest BCUT2D eigenvalue weighted by molar-refractivity contribution is -0.153. The first-order valence-electron chi connectivity index (χ1n) is 5.78. The first-order chi connectivity index (χ1) is 7.89. The highest BCUT2D eigenvalue weighted by Crippen LogP contribution is 2.55. The van der Waals surface area contributed by atoms with Crippen LogP contribution in [0.15, 0.2) is 24.3 Å². The molecule has 1 saturated carbocycles. The van der Waals surface area contributed by atoms with Gasteiger partial charge in [0.25, 0.3) is 0 Å². The Kier molecular flexibility index (Phi) is 2.64. The average Bonchev–Trinajstić information content (AvgIpc) is 2.25. The van der Waals surface area contributed by atoms with Crippen LogP contribution in [0.4, 0.5) is 0 Å². The van der Waals surface area contributed by atoms with Crippen molar-refractivity contribution in [1.29, 1.82) is 0 Å². The Morgan fingerprint density at radius 1 is 1.35 bits per heavy atom. The Balaban J connectivity index is 2.38. The summed E-state index contributed by atoms with van der Waals surface area (Å²) >= 11 is 0. The van der Waals surface area contributed by atoms with Crippen molar-refractivity contribution in [2.75, 3.05) is 7.11 Å². The van der Waals surface area contributed by atoms with Crippen LogP contribution in [0.25, 0.3) is 0 Å². The van der Waals surface area contributed by atoms with E-state index < -0.39 is 11.4 Å². The summed E-state index contributed by atoms with van der Waals surface area (Å²) in [4.78, 5) is 11.6. The summed E-state index contributed by atoms with van der Waals surface area (Å²) in [6.45, 7) is 4.21. The first-order valence-corrected chi connectivity index (χ1v) is 5.78. The Bertz CT molecular complexity index is 441. The van der Waals surface area contributed by atoms with Crippen LogP contribution in [0.1, 0.15) is 32.3 Å². The van der Waals surface area contributed by atoms with Crippen molar-refractivity contribution in [3.63, 3.8) is 0 Å². The molecule has 1 N–H and O–H groups in total. The monoisotopic (exact) mass is 234 g/mol. The Labute approximate surface area is 101 Å². The number of rotatable bonds is 3. The molecule has 1 aromatic rings. The maximum absolute atomic E-state index is 11.6. The fraction of sp³-hybridized carbons (Fsp3) is 0.500. The lowest BCUT2D eigenvalue weighted by Crippen LogP contribution is -2.52. The number of ether oxygens (including phenoxy) is 1. The van der Waals surface area contributed by atoms with Crippen LogP contribution in [0.2, 0.25) is 0 Å². The Hall–Kier alpha value is -1.51. The van der Waals surface area contributed by atoms with E-state index in [0.717, 1.165) is 5.56 Å². The summed E-state index contributed by atoms with van der Waals surface area (Å²) < 4.78 is 5.16. The molecule has 0 bridgehead atoms. The SMILES string of the molecule is COc1cccc(C2(C(=O)O)CC(C)(C)C2)c1. The van der Waals surface area contributed by atoms with Crippen molar-refractivity contribution in [2.45, 2.75) is 32.1 Å². The van der Waals surface area contributed by atoms with Crippen LogP contribution >= 0.6 is 0 Å².